The molecule has 10 nitrogen and oxygen atoms in total. The van der Waals surface area contributed by atoms with Gasteiger partial charge in [-0.05, 0) is 111 Å². The molecule has 3 aromatic carbocycles. The summed E-state index contributed by atoms with van der Waals surface area (Å²) in [6, 6.07) is 26.3. The average molecular weight is 785 g/mol. The molecule has 0 fully saturated rings. The lowest BCUT2D eigenvalue weighted by Crippen LogP contribution is -2.30. The van der Waals surface area contributed by atoms with Crippen LogP contribution >= 0.6 is 11.3 Å². The van der Waals surface area contributed by atoms with Crippen molar-refractivity contribution in [3.05, 3.63) is 141 Å². The van der Waals surface area contributed by atoms with Gasteiger partial charge in [0.25, 0.3) is 11.8 Å². The van der Waals surface area contributed by atoms with Crippen LogP contribution in [0.25, 0.3) is 0 Å². The van der Waals surface area contributed by atoms with Crippen molar-refractivity contribution < 1.29 is 28.7 Å². The predicted molar refractivity (Wildman–Crippen MR) is 224 cm³/mol. The predicted octanol–water partition coefficient (Wildman–Crippen LogP) is 9.17. The van der Waals surface area contributed by atoms with E-state index in [2.05, 4.69) is 15.6 Å². The highest BCUT2D eigenvalue weighted by Gasteiger charge is 2.27. The standard InChI is InChI=1S/C46H48N4O6S/c1-3-39(51)34-23-19-31(20-24-34)17-18-32-21-25-36(26-22-32)48-45(55)43-38-13-5-6-14-40(38)57-46(43)49-44(54)35-11-7-10-33(28-35)30-50(37-12-9-27-47-29-37)41(52)15-8-16-42(53)56-4-2/h7,9-12,19-29H,3-6,8,13-18,30H2,1-2H3,(H,48,55)(H,49,54). The molecule has 6 rings (SSSR count). The van der Waals surface area contributed by atoms with Gasteiger partial charge < -0.3 is 20.3 Å². The normalized spacial score (nSPS) is 12.0. The number of hydrogen-bond donors (Lipinski definition) is 2. The molecule has 0 bridgehead atoms. The number of esters is 1. The molecule has 2 aromatic heterocycles. The Morgan fingerprint density at radius 1 is 0.772 bits per heavy atom. The van der Waals surface area contributed by atoms with E-state index in [1.807, 2.05) is 61.5 Å². The minimum absolute atomic E-state index is 0.138. The number of fused-ring (bicyclic) bond motifs is 1. The summed E-state index contributed by atoms with van der Waals surface area (Å²) < 4.78 is 5.01. The van der Waals surface area contributed by atoms with E-state index in [4.69, 9.17) is 4.74 Å². The molecule has 0 radical (unpaired) electrons. The van der Waals surface area contributed by atoms with Crippen molar-refractivity contribution in [3.8, 4) is 0 Å². The molecular weight excluding hydrogens is 737 g/mol. The van der Waals surface area contributed by atoms with Gasteiger partial charge in [0.1, 0.15) is 5.00 Å². The minimum Gasteiger partial charge on any atom is -0.466 e. The first kappa shape index (κ1) is 40.7. The van der Waals surface area contributed by atoms with Crippen molar-refractivity contribution in [2.75, 3.05) is 22.1 Å². The number of Topliss-reactive ketones (excluding diaryl/α,β-unsaturated/α-hetero) is 1. The lowest BCUT2D eigenvalue weighted by molar-refractivity contribution is -0.143. The molecule has 2 N–H and O–H groups in total. The van der Waals surface area contributed by atoms with Crippen molar-refractivity contribution in [3.63, 3.8) is 0 Å². The summed E-state index contributed by atoms with van der Waals surface area (Å²) in [7, 11) is 0. The molecule has 1 aliphatic rings. The summed E-state index contributed by atoms with van der Waals surface area (Å²) in [6.07, 6.45) is 9.65. The molecule has 0 unspecified atom stereocenters. The summed E-state index contributed by atoms with van der Waals surface area (Å²) in [4.78, 5) is 71.9. The topological polar surface area (TPSA) is 135 Å². The lowest BCUT2D eigenvalue weighted by atomic mass is 9.95. The number of nitrogens with zero attached hydrogens (tertiary/aromatic N) is 2. The number of amides is 3. The smallest absolute Gasteiger partial charge is 0.305 e. The van der Waals surface area contributed by atoms with Crippen LogP contribution in [-0.2, 0) is 46.6 Å². The van der Waals surface area contributed by atoms with Crippen LogP contribution in [0.1, 0.15) is 111 Å². The molecule has 3 amide bonds. The van der Waals surface area contributed by atoms with E-state index in [0.717, 1.165) is 71.2 Å². The Balaban J connectivity index is 1.12. The van der Waals surface area contributed by atoms with E-state index in [-0.39, 0.29) is 48.9 Å². The Bertz CT molecular complexity index is 2200. The third-order valence-electron chi connectivity index (χ3n) is 10.0. The number of aromatic nitrogens is 1. The SMILES string of the molecule is CCOC(=O)CCCC(=O)N(Cc1cccc(C(=O)Nc2sc3c(c2C(=O)Nc2ccc(CCc4ccc(C(=O)CC)cc4)cc2)CCCC3)c1)c1cccnc1. The molecule has 294 valence electrons. The number of benzene rings is 3. The average Bonchev–Trinajstić information content (AvgIpc) is 3.60. The zero-order valence-corrected chi connectivity index (χ0v) is 33.3. The number of hydrogen-bond acceptors (Lipinski definition) is 8. The molecule has 0 spiro atoms. The molecule has 0 saturated heterocycles. The molecular formula is C46H48N4O6S. The fourth-order valence-electron chi connectivity index (χ4n) is 6.95. The molecule has 11 heteroatoms. The zero-order valence-electron chi connectivity index (χ0n) is 32.5. The van der Waals surface area contributed by atoms with Crippen molar-refractivity contribution in [1.82, 2.24) is 4.98 Å². The second kappa shape index (κ2) is 19.8. The van der Waals surface area contributed by atoms with Gasteiger partial charge in [0.05, 0.1) is 30.6 Å². The number of ketones is 1. The van der Waals surface area contributed by atoms with Crippen molar-refractivity contribution >= 4 is 57.2 Å². The Kier molecular flexibility index (Phi) is 14.1. The van der Waals surface area contributed by atoms with Crippen LogP contribution in [0.2, 0.25) is 0 Å². The number of carbonyl (C=O) groups excluding carboxylic acids is 5. The molecule has 0 saturated carbocycles. The lowest BCUT2D eigenvalue weighted by Gasteiger charge is -2.23. The Labute approximate surface area is 337 Å². The highest BCUT2D eigenvalue weighted by molar-refractivity contribution is 7.17. The van der Waals surface area contributed by atoms with Crippen LogP contribution in [0.15, 0.2) is 97.3 Å². The Morgan fingerprint density at radius 3 is 2.21 bits per heavy atom. The van der Waals surface area contributed by atoms with Gasteiger partial charge >= 0.3 is 5.97 Å². The van der Waals surface area contributed by atoms with Crippen LogP contribution in [0.3, 0.4) is 0 Å². The first-order valence-electron chi connectivity index (χ1n) is 19.7. The second-order valence-corrected chi connectivity index (χ2v) is 15.1. The van der Waals surface area contributed by atoms with Crippen LogP contribution in [-0.4, -0.2) is 41.1 Å². The Morgan fingerprint density at radius 2 is 1.51 bits per heavy atom. The number of thiophene rings is 1. The molecule has 0 atom stereocenters. The summed E-state index contributed by atoms with van der Waals surface area (Å²) in [5, 5.41) is 6.65. The fourth-order valence-corrected chi connectivity index (χ4v) is 8.23. The highest BCUT2D eigenvalue weighted by atomic mass is 32.1. The summed E-state index contributed by atoms with van der Waals surface area (Å²) >= 11 is 1.46. The van der Waals surface area contributed by atoms with Gasteiger partial charge in [-0.3, -0.25) is 29.0 Å². The van der Waals surface area contributed by atoms with E-state index in [1.54, 1.807) is 54.5 Å². The highest BCUT2D eigenvalue weighted by Crippen LogP contribution is 2.39. The minimum atomic E-state index is -0.353. The van der Waals surface area contributed by atoms with E-state index in [0.29, 0.717) is 47.0 Å². The van der Waals surface area contributed by atoms with Crippen LogP contribution in [0.5, 0.6) is 0 Å². The fraction of sp³-hybridized carbons (Fsp3) is 0.304. The summed E-state index contributed by atoms with van der Waals surface area (Å²) in [6.45, 7) is 4.10. The van der Waals surface area contributed by atoms with Gasteiger partial charge in [0, 0.05) is 47.2 Å². The first-order valence-corrected chi connectivity index (χ1v) is 20.5. The number of pyridine rings is 1. The van der Waals surface area contributed by atoms with Crippen LogP contribution in [0, 0.1) is 0 Å². The summed E-state index contributed by atoms with van der Waals surface area (Å²) in [5.41, 5.74) is 6.92. The maximum absolute atomic E-state index is 13.9. The van der Waals surface area contributed by atoms with E-state index in [1.165, 1.54) is 11.3 Å². The number of aryl methyl sites for hydroxylation is 3. The number of anilines is 3. The van der Waals surface area contributed by atoms with Crippen molar-refractivity contribution in [1.29, 1.82) is 0 Å². The van der Waals surface area contributed by atoms with Crippen molar-refractivity contribution in [2.45, 2.75) is 84.6 Å². The first-order chi connectivity index (χ1) is 27.7. The van der Waals surface area contributed by atoms with Crippen molar-refractivity contribution in [2.24, 2.45) is 0 Å². The van der Waals surface area contributed by atoms with Gasteiger partial charge in [-0.1, -0.05) is 55.5 Å². The molecule has 0 aliphatic heterocycles. The van der Waals surface area contributed by atoms with Crippen LogP contribution < -0.4 is 15.5 Å². The third-order valence-corrected chi connectivity index (χ3v) is 11.2. The van der Waals surface area contributed by atoms with Gasteiger partial charge in [-0.2, -0.15) is 0 Å². The van der Waals surface area contributed by atoms with Crippen LogP contribution in [0.4, 0.5) is 16.4 Å². The molecule has 57 heavy (non-hydrogen) atoms. The maximum Gasteiger partial charge on any atom is 0.305 e. The third kappa shape index (κ3) is 10.9. The van der Waals surface area contributed by atoms with Gasteiger partial charge in [-0.15, -0.1) is 11.3 Å². The van der Waals surface area contributed by atoms with Gasteiger partial charge in [0.2, 0.25) is 5.91 Å². The number of rotatable bonds is 17. The number of carbonyl (C=O) groups is 5. The maximum atomic E-state index is 13.9. The molecule has 5 aromatic rings. The second-order valence-electron chi connectivity index (χ2n) is 14.0. The molecule has 2 heterocycles. The largest absolute Gasteiger partial charge is 0.466 e. The van der Waals surface area contributed by atoms with E-state index < -0.39 is 0 Å². The Hall–Kier alpha value is -5.94. The van der Waals surface area contributed by atoms with Gasteiger partial charge in [0.15, 0.2) is 5.78 Å². The van der Waals surface area contributed by atoms with E-state index >= 15 is 0 Å². The quantitative estimate of drug-likeness (QED) is 0.0709. The molecule has 1 aliphatic carbocycles. The number of nitrogens with one attached hydrogen (secondary N) is 2. The zero-order chi connectivity index (χ0) is 40.1. The summed E-state index contributed by atoms with van der Waals surface area (Å²) in [5.74, 6) is -0.990. The monoisotopic (exact) mass is 784 g/mol. The van der Waals surface area contributed by atoms with E-state index in [9.17, 15) is 24.0 Å². The van der Waals surface area contributed by atoms with Gasteiger partial charge in [-0.25, -0.2) is 0 Å². The number of ether oxygens (including phenoxy) is 1.